The van der Waals surface area contributed by atoms with Crippen LogP contribution in [0.3, 0.4) is 0 Å². The number of carbonyl (C=O) groups is 1. The van der Waals surface area contributed by atoms with Gasteiger partial charge in [0.2, 0.25) is 0 Å². The van der Waals surface area contributed by atoms with Gasteiger partial charge in [0, 0.05) is 0 Å². The summed E-state index contributed by atoms with van der Waals surface area (Å²) in [7, 11) is 0. The summed E-state index contributed by atoms with van der Waals surface area (Å²) < 4.78 is 5.05. The molecule has 0 radical (unpaired) electrons. The number of hydrogen-bond acceptors (Lipinski definition) is 4. The number of benzene rings is 1. The molecule has 0 aromatic heterocycles. The van der Waals surface area contributed by atoms with Crippen LogP contribution < -0.4 is 5.32 Å². The Kier molecular flexibility index (Phi) is 6.22. The lowest BCUT2D eigenvalue weighted by Crippen LogP contribution is -2.40. The predicted molar refractivity (Wildman–Crippen MR) is 70.5 cm³/mol. The molecule has 1 aromatic rings. The third-order valence-electron chi connectivity index (χ3n) is 2.59. The molecular formula is C14H21NO3. The molecule has 0 aliphatic carbocycles. The SMILES string of the molecule is CCCNC(Cc1ccc(O)cc1)C(=O)OCC. The summed E-state index contributed by atoms with van der Waals surface area (Å²) in [6, 6.07) is 6.55. The number of carbonyl (C=O) groups excluding carboxylic acids is 1. The molecule has 1 atom stereocenters. The first kappa shape index (κ1) is 14.5. The molecule has 0 aliphatic heterocycles. The zero-order valence-electron chi connectivity index (χ0n) is 11.0. The van der Waals surface area contributed by atoms with E-state index in [1.807, 2.05) is 12.1 Å². The van der Waals surface area contributed by atoms with Gasteiger partial charge in [0.25, 0.3) is 0 Å². The lowest BCUT2D eigenvalue weighted by Gasteiger charge is -2.17. The Morgan fingerprint density at radius 3 is 2.56 bits per heavy atom. The van der Waals surface area contributed by atoms with E-state index in [1.54, 1.807) is 19.1 Å². The van der Waals surface area contributed by atoms with Gasteiger partial charge >= 0.3 is 5.97 Å². The zero-order valence-corrected chi connectivity index (χ0v) is 11.0. The normalized spacial score (nSPS) is 12.1. The first-order valence-electron chi connectivity index (χ1n) is 6.35. The molecule has 0 aliphatic rings. The van der Waals surface area contributed by atoms with Crippen molar-refractivity contribution in [1.82, 2.24) is 5.32 Å². The monoisotopic (exact) mass is 251 g/mol. The van der Waals surface area contributed by atoms with Gasteiger partial charge in [-0.1, -0.05) is 19.1 Å². The van der Waals surface area contributed by atoms with Crippen molar-refractivity contribution in [3.05, 3.63) is 29.8 Å². The number of nitrogens with one attached hydrogen (secondary N) is 1. The summed E-state index contributed by atoms with van der Waals surface area (Å²) in [4.78, 5) is 11.8. The number of rotatable bonds is 7. The highest BCUT2D eigenvalue weighted by Crippen LogP contribution is 2.11. The third kappa shape index (κ3) is 4.75. The summed E-state index contributed by atoms with van der Waals surface area (Å²) in [5.41, 5.74) is 0.995. The first-order chi connectivity index (χ1) is 8.67. The Hall–Kier alpha value is -1.55. The summed E-state index contributed by atoms with van der Waals surface area (Å²) in [5, 5.41) is 12.4. The van der Waals surface area contributed by atoms with E-state index in [-0.39, 0.29) is 17.8 Å². The molecule has 0 spiro atoms. The van der Waals surface area contributed by atoms with Crippen molar-refractivity contribution in [1.29, 1.82) is 0 Å². The molecule has 0 saturated carbocycles. The Balaban J connectivity index is 2.64. The minimum atomic E-state index is -0.325. The van der Waals surface area contributed by atoms with Crippen LogP contribution in [0.15, 0.2) is 24.3 Å². The molecule has 0 heterocycles. The number of phenols is 1. The minimum absolute atomic E-state index is 0.223. The van der Waals surface area contributed by atoms with Gasteiger partial charge in [-0.25, -0.2) is 0 Å². The quantitative estimate of drug-likeness (QED) is 0.726. The van der Waals surface area contributed by atoms with Crippen molar-refractivity contribution >= 4 is 5.97 Å². The minimum Gasteiger partial charge on any atom is -0.508 e. The molecule has 1 aromatic carbocycles. The fourth-order valence-corrected chi connectivity index (χ4v) is 1.67. The van der Waals surface area contributed by atoms with E-state index in [9.17, 15) is 9.90 Å². The zero-order chi connectivity index (χ0) is 13.4. The average molecular weight is 251 g/mol. The third-order valence-corrected chi connectivity index (χ3v) is 2.59. The molecule has 1 rings (SSSR count). The van der Waals surface area contributed by atoms with Crippen LogP contribution in [-0.2, 0) is 16.0 Å². The molecule has 4 nitrogen and oxygen atoms in total. The second kappa shape index (κ2) is 7.71. The Morgan fingerprint density at radius 1 is 1.33 bits per heavy atom. The number of phenolic OH excluding ortho intramolecular Hbond substituents is 1. The van der Waals surface area contributed by atoms with E-state index in [0.717, 1.165) is 18.5 Å². The molecular weight excluding hydrogens is 230 g/mol. The van der Waals surface area contributed by atoms with E-state index in [0.29, 0.717) is 13.0 Å². The molecule has 0 fully saturated rings. The van der Waals surface area contributed by atoms with Gasteiger partial charge in [-0.15, -0.1) is 0 Å². The maximum absolute atomic E-state index is 11.8. The molecule has 1 unspecified atom stereocenters. The van der Waals surface area contributed by atoms with Gasteiger partial charge in [-0.3, -0.25) is 4.79 Å². The standard InChI is InChI=1S/C14H21NO3/c1-3-9-15-13(14(17)18-4-2)10-11-5-7-12(16)8-6-11/h5-8,13,15-16H,3-4,9-10H2,1-2H3. The maximum atomic E-state index is 11.8. The van der Waals surface area contributed by atoms with Gasteiger partial charge < -0.3 is 15.2 Å². The van der Waals surface area contributed by atoms with Crippen LogP contribution in [0.4, 0.5) is 0 Å². The molecule has 0 saturated heterocycles. The summed E-state index contributed by atoms with van der Waals surface area (Å²) in [5.74, 6) is 0.00646. The molecule has 0 bridgehead atoms. The molecule has 2 N–H and O–H groups in total. The highest BCUT2D eigenvalue weighted by Gasteiger charge is 2.19. The number of hydrogen-bond donors (Lipinski definition) is 2. The van der Waals surface area contributed by atoms with E-state index < -0.39 is 0 Å². The smallest absolute Gasteiger partial charge is 0.323 e. The van der Waals surface area contributed by atoms with Crippen LogP contribution in [0.25, 0.3) is 0 Å². The lowest BCUT2D eigenvalue weighted by atomic mass is 10.1. The second-order valence-corrected chi connectivity index (χ2v) is 4.13. The van der Waals surface area contributed by atoms with Gasteiger partial charge in [0.1, 0.15) is 11.8 Å². The number of esters is 1. The highest BCUT2D eigenvalue weighted by molar-refractivity contribution is 5.76. The van der Waals surface area contributed by atoms with Gasteiger partial charge in [-0.2, -0.15) is 0 Å². The lowest BCUT2D eigenvalue weighted by molar-refractivity contribution is -0.145. The van der Waals surface area contributed by atoms with E-state index >= 15 is 0 Å². The summed E-state index contributed by atoms with van der Waals surface area (Å²) in [6.07, 6.45) is 1.53. The largest absolute Gasteiger partial charge is 0.508 e. The van der Waals surface area contributed by atoms with Crippen molar-refractivity contribution in [3.8, 4) is 5.75 Å². The van der Waals surface area contributed by atoms with Crippen LogP contribution in [0.2, 0.25) is 0 Å². The molecule has 100 valence electrons. The maximum Gasteiger partial charge on any atom is 0.323 e. The summed E-state index contributed by atoms with van der Waals surface area (Å²) in [6.45, 7) is 5.02. The molecule has 18 heavy (non-hydrogen) atoms. The molecule has 4 heteroatoms. The van der Waals surface area contributed by atoms with Crippen LogP contribution in [0.1, 0.15) is 25.8 Å². The number of aromatic hydroxyl groups is 1. The topological polar surface area (TPSA) is 58.6 Å². The van der Waals surface area contributed by atoms with Crippen molar-refractivity contribution in [2.24, 2.45) is 0 Å². The van der Waals surface area contributed by atoms with E-state index in [1.165, 1.54) is 0 Å². The predicted octanol–water partition coefficient (Wildman–Crippen LogP) is 1.87. The van der Waals surface area contributed by atoms with Gasteiger partial charge in [-0.05, 0) is 44.0 Å². The van der Waals surface area contributed by atoms with Gasteiger partial charge in [0.15, 0.2) is 0 Å². The fourth-order valence-electron chi connectivity index (χ4n) is 1.67. The average Bonchev–Trinajstić information content (AvgIpc) is 2.37. The van der Waals surface area contributed by atoms with Crippen LogP contribution in [0.5, 0.6) is 5.75 Å². The Morgan fingerprint density at radius 2 is 2.00 bits per heavy atom. The highest BCUT2D eigenvalue weighted by atomic mass is 16.5. The van der Waals surface area contributed by atoms with Crippen LogP contribution in [-0.4, -0.2) is 30.3 Å². The van der Waals surface area contributed by atoms with Crippen molar-refractivity contribution in [2.75, 3.05) is 13.2 Å². The van der Waals surface area contributed by atoms with Crippen molar-refractivity contribution in [3.63, 3.8) is 0 Å². The summed E-state index contributed by atoms with van der Waals surface area (Å²) >= 11 is 0. The van der Waals surface area contributed by atoms with Crippen LogP contribution >= 0.6 is 0 Å². The molecule has 0 amide bonds. The number of ether oxygens (including phenoxy) is 1. The van der Waals surface area contributed by atoms with Crippen molar-refractivity contribution in [2.45, 2.75) is 32.7 Å². The van der Waals surface area contributed by atoms with Gasteiger partial charge in [0.05, 0.1) is 6.61 Å². The van der Waals surface area contributed by atoms with Crippen molar-refractivity contribution < 1.29 is 14.6 Å². The Labute approximate surface area is 108 Å². The first-order valence-corrected chi connectivity index (χ1v) is 6.35. The van der Waals surface area contributed by atoms with E-state index in [2.05, 4.69) is 12.2 Å². The Bertz CT molecular complexity index is 362. The fraction of sp³-hybridized carbons (Fsp3) is 0.500. The second-order valence-electron chi connectivity index (χ2n) is 4.13. The van der Waals surface area contributed by atoms with E-state index in [4.69, 9.17) is 4.74 Å². The van der Waals surface area contributed by atoms with Crippen LogP contribution in [0, 0.1) is 0 Å².